The molecule has 0 radical (unpaired) electrons. The van der Waals surface area contributed by atoms with Gasteiger partial charge in [-0.3, -0.25) is 9.89 Å². The van der Waals surface area contributed by atoms with Crippen LogP contribution in [0.5, 0.6) is 5.75 Å². The summed E-state index contributed by atoms with van der Waals surface area (Å²) in [5, 5.41) is 17.0. The second kappa shape index (κ2) is 12.4. The summed E-state index contributed by atoms with van der Waals surface area (Å²) in [6.45, 7) is 7.42. The third-order valence-electron chi connectivity index (χ3n) is 5.76. The number of aliphatic imine (C=N–C) groups is 1. The molecule has 2 aromatic rings. The number of rotatable bonds is 9. The van der Waals surface area contributed by atoms with Gasteiger partial charge in [0.05, 0.1) is 6.54 Å². The average molecular weight is 443 g/mol. The lowest BCUT2D eigenvalue weighted by atomic mass is 10.0. The van der Waals surface area contributed by atoms with Gasteiger partial charge >= 0.3 is 0 Å². The van der Waals surface area contributed by atoms with Gasteiger partial charge in [-0.25, -0.2) is 4.39 Å². The summed E-state index contributed by atoms with van der Waals surface area (Å²) in [7, 11) is 0. The van der Waals surface area contributed by atoms with E-state index in [0.29, 0.717) is 23.8 Å². The number of guanidine groups is 1. The molecule has 0 aromatic heterocycles. The van der Waals surface area contributed by atoms with E-state index in [1.165, 1.54) is 17.7 Å². The fraction of sp³-hybridized carbons (Fsp3) is 0.480. The minimum Gasteiger partial charge on any atom is -0.491 e. The molecule has 6 nitrogen and oxygen atoms in total. The van der Waals surface area contributed by atoms with Crippen molar-refractivity contribution in [1.82, 2.24) is 15.5 Å². The lowest BCUT2D eigenvalue weighted by molar-refractivity contribution is 0.114. The number of benzene rings is 2. The van der Waals surface area contributed by atoms with E-state index in [1.807, 2.05) is 6.92 Å². The first-order valence-corrected chi connectivity index (χ1v) is 11.5. The van der Waals surface area contributed by atoms with Crippen molar-refractivity contribution in [2.24, 2.45) is 4.99 Å². The third kappa shape index (κ3) is 7.50. The zero-order valence-electron chi connectivity index (χ0n) is 19.0. The Bertz CT molecular complexity index is 824. The summed E-state index contributed by atoms with van der Waals surface area (Å²) in [6.07, 6.45) is 1.33. The standard InChI is InChI=1S/C25H35FN4O2/c1-3-27-25(28-17-23(31)18-32-24-11-9-21(26)10-12-24)29-22-13-15-30(16-14-22)19(2)20-7-5-4-6-8-20/h4-12,19,22-23,31H,3,13-18H2,1-2H3,(H2,27,28,29). The van der Waals surface area contributed by atoms with Crippen LogP contribution in [0, 0.1) is 5.82 Å². The number of aliphatic hydroxyl groups is 1. The Labute approximate surface area is 190 Å². The van der Waals surface area contributed by atoms with Gasteiger partial charge in [0, 0.05) is 31.7 Å². The van der Waals surface area contributed by atoms with Crippen molar-refractivity contribution in [3.63, 3.8) is 0 Å². The molecule has 1 aliphatic rings. The molecule has 0 amide bonds. The van der Waals surface area contributed by atoms with Crippen LogP contribution in [0.25, 0.3) is 0 Å². The number of nitrogens with zero attached hydrogens (tertiary/aromatic N) is 2. The first-order chi connectivity index (χ1) is 15.5. The number of nitrogens with one attached hydrogen (secondary N) is 2. The topological polar surface area (TPSA) is 69.1 Å². The SMILES string of the molecule is CCNC(=NCC(O)COc1ccc(F)cc1)NC1CCN(C(C)c2ccccc2)CC1. The molecule has 1 saturated heterocycles. The Kier molecular flexibility index (Phi) is 9.31. The Balaban J connectivity index is 1.44. The van der Waals surface area contributed by atoms with Gasteiger partial charge in [0.1, 0.15) is 24.3 Å². The van der Waals surface area contributed by atoms with Gasteiger partial charge in [-0.05, 0) is 56.5 Å². The van der Waals surface area contributed by atoms with Crippen molar-refractivity contribution in [2.75, 3.05) is 32.8 Å². The van der Waals surface area contributed by atoms with Crippen molar-refractivity contribution < 1.29 is 14.2 Å². The zero-order valence-corrected chi connectivity index (χ0v) is 19.0. The Morgan fingerprint density at radius 3 is 2.50 bits per heavy atom. The number of halogens is 1. The van der Waals surface area contributed by atoms with E-state index in [-0.39, 0.29) is 19.0 Å². The molecule has 0 spiro atoms. The van der Waals surface area contributed by atoms with E-state index in [1.54, 1.807) is 12.1 Å². The lowest BCUT2D eigenvalue weighted by Gasteiger charge is -2.37. The summed E-state index contributed by atoms with van der Waals surface area (Å²) in [5.74, 6) is 0.919. The largest absolute Gasteiger partial charge is 0.491 e. The highest BCUT2D eigenvalue weighted by atomic mass is 19.1. The van der Waals surface area contributed by atoms with Crippen molar-refractivity contribution in [3.05, 3.63) is 66.0 Å². The summed E-state index contributed by atoms with van der Waals surface area (Å²) in [5.41, 5.74) is 1.35. The van der Waals surface area contributed by atoms with Crippen molar-refractivity contribution in [1.29, 1.82) is 0 Å². The molecule has 0 bridgehead atoms. The Hall–Kier alpha value is -2.64. The van der Waals surface area contributed by atoms with Gasteiger partial charge < -0.3 is 20.5 Å². The molecule has 32 heavy (non-hydrogen) atoms. The highest BCUT2D eigenvalue weighted by Gasteiger charge is 2.24. The van der Waals surface area contributed by atoms with Crippen LogP contribution in [-0.4, -0.2) is 60.9 Å². The van der Waals surface area contributed by atoms with Crippen LogP contribution < -0.4 is 15.4 Å². The van der Waals surface area contributed by atoms with Gasteiger partial charge in [0.25, 0.3) is 0 Å². The second-order valence-electron chi connectivity index (χ2n) is 8.18. The predicted octanol–water partition coefficient (Wildman–Crippen LogP) is 3.35. The van der Waals surface area contributed by atoms with E-state index < -0.39 is 6.10 Å². The van der Waals surface area contributed by atoms with Crippen LogP contribution in [0.2, 0.25) is 0 Å². The van der Waals surface area contributed by atoms with E-state index >= 15 is 0 Å². The maximum absolute atomic E-state index is 13.0. The molecule has 3 rings (SSSR count). The van der Waals surface area contributed by atoms with E-state index in [0.717, 1.165) is 32.5 Å². The monoisotopic (exact) mass is 442 g/mol. The van der Waals surface area contributed by atoms with Crippen LogP contribution in [0.15, 0.2) is 59.6 Å². The number of aliphatic hydroxyl groups excluding tert-OH is 1. The first-order valence-electron chi connectivity index (χ1n) is 11.5. The molecule has 1 fully saturated rings. The van der Waals surface area contributed by atoms with Crippen LogP contribution in [0.1, 0.15) is 38.3 Å². The second-order valence-corrected chi connectivity index (χ2v) is 8.18. The summed E-state index contributed by atoms with van der Waals surface area (Å²) in [4.78, 5) is 7.05. The molecule has 1 aliphatic heterocycles. The quantitative estimate of drug-likeness (QED) is 0.411. The summed E-state index contributed by atoms with van der Waals surface area (Å²) < 4.78 is 18.5. The van der Waals surface area contributed by atoms with Crippen LogP contribution in [0.3, 0.4) is 0 Å². The van der Waals surface area contributed by atoms with Crippen LogP contribution in [0.4, 0.5) is 4.39 Å². The van der Waals surface area contributed by atoms with Gasteiger partial charge in [-0.1, -0.05) is 30.3 Å². The molecule has 2 unspecified atom stereocenters. The van der Waals surface area contributed by atoms with Gasteiger partial charge in [-0.2, -0.15) is 0 Å². The van der Waals surface area contributed by atoms with Crippen LogP contribution >= 0.6 is 0 Å². The maximum atomic E-state index is 13.0. The fourth-order valence-corrected chi connectivity index (χ4v) is 3.86. The van der Waals surface area contributed by atoms with Gasteiger partial charge in [0.2, 0.25) is 0 Å². The van der Waals surface area contributed by atoms with Crippen molar-refractivity contribution in [3.8, 4) is 5.75 Å². The molecule has 3 N–H and O–H groups in total. The number of likely N-dealkylation sites (tertiary alicyclic amines) is 1. The van der Waals surface area contributed by atoms with E-state index in [4.69, 9.17) is 4.74 Å². The molecule has 174 valence electrons. The van der Waals surface area contributed by atoms with Gasteiger partial charge in [0.15, 0.2) is 5.96 Å². The molecule has 0 aliphatic carbocycles. The maximum Gasteiger partial charge on any atom is 0.191 e. The smallest absolute Gasteiger partial charge is 0.191 e. The summed E-state index contributed by atoms with van der Waals surface area (Å²) >= 11 is 0. The predicted molar refractivity (Wildman–Crippen MR) is 126 cm³/mol. The number of hydrogen-bond donors (Lipinski definition) is 3. The number of piperidine rings is 1. The molecular formula is C25H35FN4O2. The highest BCUT2D eigenvalue weighted by molar-refractivity contribution is 5.80. The van der Waals surface area contributed by atoms with Crippen molar-refractivity contribution >= 4 is 5.96 Å². The van der Waals surface area contributed by atoms with Crippen LogP contribution in [-0.2, 0) is 0 Å². The molecule has 2 aromatic carbocycles. The average Bonchev–Trinajstić information content (AvgIpc) is 2.83. The summed E-state index contributed by atoms with van der Waals surface area (Å²) in [6, 6.07) is 17.1. The molecule has 1 heterocycles. The van der Waals surface area contributed by atoms with E-state index in [9.17, 15) is 9.50 Å². The first kappa shape index (κ1) is 24.0. The normalized spacial score (nSPS) is 17.6. The molecule has 2 atom stereocenters. The molecule has 7 heteroatoms. The lowest BCUT2D eigenvalue weighted by Crippen LogP contribution is -2.49. The Morgan fingerprint density at radius 2 is 1.84 bits per heavy atom. The van der Waals surface area contributed by atoms with Gasteiger partial charge in [-0.15, -0.1) is 0 Å². The zero-order chi connectivity index (χ0) is 22.8. The Morgan fingerprint density at radius 1 is 1.16 bits per heavy atom. The minimum absolute atomic E-state index is 0.101. The highest BCUT2D eigenvalue weighted by Crippen LogP contribution is 2.24. The van der Waals surface area contributed by atoms with Crippen molar-refractivity contribution in [2.45, 2.75) is 44.9 Å². The third-order valence-corrected chi connectivity index (χ3v) is 5.76. The minimum atomic E-state index is -0.746. The molecular weight excluding hydrogens is 407 g/mol. The molecule has 0 saturated carbocycles. The number of ether oxygens (including phenoxy) is 1. The number of hydrogen-bond acceptors (Lipinski definition) is 4. The fourth-order valence-electron chi connectivity index (χ4n) is 3.86. The van der Waals surface area contributed by atoms with E-state index in [2.05, 4.69) is 57.8 Å².